The van der Waals surface area contributed by atoms with Gasteiger partial charge in [-0.15, -0.1) is 11.3 Å². The number of aromatic nitrogens is 3. The highest BCUT2D eigenvalue weighted by Gasteiger charge is 2.23. The largest absolute Gasteiger partial charge is 0.302 e. The van der Waals surface area contributed by atoms with E-state index in [1.54, 1.807) is 11.3 Å². The van der Waals surface area contributed by atoms with Crippen LogP contribution in [0.5, 0.6) is 0 Å². The van der Waals surface area contributed by atoms with E-state index < -0.39 is 0 Å². The molecular weight excluding hydrogens is 280 g/mol. The van der Waals surface area contributed by atoms with Gasteiger partial charge in [0.25, 0.3) is 0 Å². The van der Waals surface area contributed by atoms with Crippen LogP contribution in [0.25, 0.3) is 0 Å². The summed E-state index contributed by atoms with van der Waals surface area (Å²) >= 11 is 1.73. The van der Waals surface area contributed by atoms with Crippen LogP contribution >= 0.6 is 11.3 Å². The second kappa shape index (κ2) is 6.28. The molecule has 116 valence electrons. The van der Waals surface area contributed by atoms with Crippen LogP contribution in [0, 0.1) is 0 Å². The second-order valence-electron chi connectivity index (χ2n) is 6.70. The molecule has 0 amide bonds. The molecule has 0 aromatic carbocycles. The van der Waals surface area contributed by atoms with Crippen LogP contribution in [0.1, 0.15) is 63.8 Å². The molecule has 0 aliphatic carbocycles. The van der Waals surface area contributed by atoms with E-state index in [1.807, 2.05) is 10.9 Å². The number of hydrogen-bond donors (Lipinski definition) is 1. The zero-order chi connectivity index (χ0) is 15.6. The van der Waals surface area contributed by atoms with E-state index in [-0.39, 0.29) is 11.5 Å². The first-order valence-electron chi connectivity index (χ1n) is 7.55. The molecule has 0 radical (unpaired) electrons. The summed E-state index contributed by atoms with van der Waals surface area (Å²) < 4.78 is 1.96. The number of thiazole rings is 1. The van der Waals surface area contributed by atoms with Crippen LogP contribution in [0.2, 0.25) is 0 Å². The molecule has 0 bridgehead atoms. The van der Waals surface area contributed by atoms with Crippen LogP contribution in [-0.2, 0) is 12.0 Å². The Balaban J connectivity index is 2.33. The highest BCUT2D eigenvalue weighted by Crippen LogP contribution is 2.30. The lowest BCUT2D eigenvalue weighted by Crippen LogP contribution is -2.29. The third kappa shape index (κ3) is 3.92. The normalized spacial score (nSPS) is 13.9. The van der Waals surface area contributed by atoms with E-state index in [0.717, 1.165) is 17.2 Å². The maximum absolute atomic E-state index is 4.87. The Morgan fingerprint density at radius 1 is 1.33 bits per heavy atom. The van der Waals surface area contributed by atoms with Gasteiger partial charge in [-0.1, -0.05) is 20.8 Å². The number of nitrogens with zero attached hydrogens (tertiary/aromatic N) is 3. The molecule has 21 heavy (non-hydrogen) atoms. The lowest BCUT2D eigenvalue weighted by atomic mass is 9.93. The van der Waals surface area contributed by atoms with Crippen molar-refractivity contribution in [2.24, 2.45) is 0 Å². The van der Waals surface area contributed by atoms with Crippen molar-refractivity contribution in [2.45, 2.75) is 65.6 Å². The van der Waals surface area contributed by atoms with Crippen molar-refractivity contribution < 1.29 is 0 Å². The van der Waals surface area contributed by atoms with Gasteiger partial charge >= 0.3 is 0 Å². The fourth-order valence-corrected chi connectivity index (χ4v) is 3.24. The van der Waals surface area contributed by atoms with Gasteiger partial charge in [-0.2, -0.15) is 5.10 Å². The Morgan fingerprint density at radius 2 is 2.05 bits per heavy atom. The average Bonchev–Trinajstić information content (AvgIpc) is 3.04. The first-order chi connectivity index (χ1) is 9.81. The predicted molar refractivity (Wildman–Crippen MR) is 88.8 cm³/mol. The van der Waals surface area contributed by atoms with Crippen molar-refractivity contribution >= 4 is 11.3 Å². The van der Waals surface area contributed by atoms with Crippen LogP contribution in [-0.4, -0.2) is 20.8 Å². The molecule has 0 aliphatic rings. The van der Waals surface area contributed by atoms with Crippen LogP contribution in [0.3, 0.4) is 0 Å². The molecule has 0 aliphatic heterocycles. The Bertz CT molecular complexity index is 577. The fourth-order valence-electron chi connectivity index (χ4n) is 2.11. The highest BCUT2D eigenvalue weighted by molar-refractivity contribution is 7.09. The Morgan fingerprint density at radius 3 is 2.52 bits per heavy atom. The van der Waals surface area contributed by atoms with Crippen LogP contribution < -0.4 is 5.32 Å². The molecule has 0 saturated heterocycles. The molecule has 2 heterocycles. The van der Waals surface area contributed by atoms with E-state index in [2.05, 4.69) is 63.5 Å². The first-order valence-corrected chi connectivity index (χ1v) is 8.43. The third-order valence-electron chi connectivity index (χ3n) is 3.35. The molecule has 0 saturated carbocycles. The van der Waals surface area contributed by atoms with Crippen molar-refractivity contribution in [1.29, 1.82) is 0 Å². The number of rotatable bonds is 5. The summed E-state index contributed by atoms with van der Waals surface area (Å²) in [4.78, 5) is 4.87. The summed E-state index contributed by atoms with van der Waals surface area (Å²) in [5.41, 5.74) is 2.42. The lowest BCUT2D eigenvalue weighted by molar-refractivity contribution is 0.518. The van der Waals surface area contributed by atoms with Gasteiger partial charge in [0.1, 0.15) is 5.01 Å². The third-order valence-corrected chi connectivity index (χ3v) is 4.26. The minimum atomic E-state index is 0.0880. The van der Waals surface area contributed by atoms with Crippen molar-refractivity contribution in [3.63, 3.8) is 0 Å². The van der Waals surface area contributed by atoms with E-state index in [4.69, 9.17) is 4.98 Å². The standard InChI is InChI=1S/C16H26N4S/c1-7-20-9-12(8-17-20)14(18-11(2)3)15-19-13(10-21-15)16(4,5)6/h8-11,14,18H,7H2,1-6H3. The second-order valence-corrected chi connectivity index (χ2v) is 7.59. The van der Waals surface area contributed by atoms with Gasteiger partial charge in [0.2, 0.25) is 0 Å². The number of hydrogen-bond acceptors (Lipinski definition) is 4. The predicted octanol–water partition coefficient (Wildman–Crippen LogP) is 3.74. The molecule has 0 spiro atoms. The van der Waals surface area contributed by atoms with Gasteiger partial charge in [0.15, 0.2) is 0 Å². The maximum Gasteiger partial charge on any atom is 0.115 e. The van der Waals surface area contributed by atoms with Gasteiger partial charge in [-0.05, 0) is 20.8 Å². The Hall–Kier alpha value is -1.20. The molecule has 1 N–H and O–H groups in total. The molecule has 2 rings (SSSR count). The van der Waals surface area contributed by atoms with Gasteiger partial charge < -0.3 is 5.32 Å². The van der Waals surface area contributed by atoms with Crippen molar-refractivity contribution in [2.75, 3.05) is 0 Å². The van der Waals surface area contributed by atoms with Crippen molar-refractivity contribution in [1.82, 2.24) is 20.1 Å². The van der Waals surface area contributed by atoms with Gasteiger partial charge in [0.05, 0.1) is 17.9 Å². The maximum atomic E-state index is 4.87. The SMILES string of the molecule is CCn1cc(C(NC(C)C)c2nc(C(C)(C)C)cs2)cn1. The van der Waals surface area contributed by atoms with Gasteiger partial charge in [-0.25, -0.2) is 4.98 Å². The molecule has 4 nitrogen and oxygen atoms in total. The van der Waals surface area contributed by atoms with Gasteiger partial charge in [-0.3, -0.25) is 4.68 Å². The summed E-state index contributed by atoms with van der Waals surface area (Å²) in [6, 6.07) is 0.508. The molecule has 0 fully saturated rings. The van der Waals surface area contributed by atoms with E-state index >= 15 is 0 Å². The summed E-state index contributed by atoms with van der Waals surface area (Å²) in [5, 5.41) is 11.3. The Kier molecular flexibility index (Phi) is 4.84. The highest BCUT2D eigenvalue weighted by atomic mass is 32.1. The van der Waals surface area contributed by atoms with Crippen molar-refractivity contribution in [3.8, 4) is 0 Å². The zero-order valence-corrected chi connectivity index (χ0v) is 14.7. The minimum Gasteiger partial charge on any atom is -0.302 e. The average molecular weight is 306 g/mol. The molecule has 5 heteroatoms. The number of nitrogens with one attached hydrogen (secondary N) is 1. The molecule has 1 unspecified atom stereocenters. The topological polar surface area (TPSA) is 42.7 Å². The van der Waals surface area contributed by atoms with Crippen LogP contribution in [0.4, 0.5) is 0 Å². The fraction of sp³-hybridized carbons (Fsp3) is 0.625. The van der Waals surface area contributed by atoms with E-state index in [0.29, 0.717) is 6.04 Å². The van der Waals surface area contributed by atoms with E-state index in [1.165, 1.54) is 5.56 Å². The summed E-state index contributed by atoms with van der Waals surface area (Å²) in [5.74, 6) is 0. The summed E-state index contributed by atoms with van der Waals surface area (Å²) in [7, 11) is 0. The van der Waals surface area contributed by atoms with Gasteiger partial charge in [0, 0.05) is 35.1 Å². The first kappa shape index (κ1) is 16.2. The number of aryl methyl sites for hydroxylation is 1. The molecule has 2 aromatic heterocycles. The lowest BCUT2D eigenvalue weighted by Gasteiger charge is -2.19. The quantitative estimate of drug-likeness (QED) is 0.915. The minimum absolute atomic E-state index is 0.0880. The molecule has 2 aromatic rings. The summed E-state index contributed by atoms with van der Waals surface area (Å²) in [6.07, 6.45) is 4.06. The Labute approximate surface area is 131 Å². The zero-order valence-electron chi connectivity index (χ0n) is 13.8. The van der Waals surface area contributed by atoms with E-state index in [9.17, 15) is 0 Å². The summed E-state index contributed by atoms with van der Waals surface area (Å²) in [6.45, 7) is 13.9. The monoisotopic (exact) mass is 306 g/mol. The van der Waals surface area contributed by atoms with Crippen molar-refractivity contribution in [3.05, 3.63) is 34.0 Å². The molecule has 1 atom stereocenters. The molecular formula is C16H26N4S. The van der Waals surface area contributed by atoms with Crippen LogP contribution in [0.15, 0.2) is 17.8 Å². The smallest absolute Gasteiger partial charge is 0.115 e.